The summed E-state index contributed by atoms with van der Waals surface area (Å²) in [6.45, 7) is 2.89. The number of hydrogen-bond donors (Lipinski definition) is 0. The molecule has 2 aromatic heterocycles. The molecule has 136 valence electrons. The van der Waals surface area contributed by atoms with E-state index in [1.54, 1.807) is 18.5 Å². The lowest BCUT2D eigenvalue weighted by Crippen LogP contribution is -2.49. The number of anilines is 1. The summed E-state index contributed by atoms with van der Waals surface area (Å²) >= 11 is 1.88. The monoisotopic (exact) mass is 370 g/mol. The third-order valence-electron chi connectivity index (χ3n) is 4.71. The minimum Gasteiger partial charge on any atom is -0.473 e. The van der Waals surface area contributed by atoms with Crippen LogP contribution in [0.25, 0.3) is 0 Å². The Kier molecular flexibility index (Phi) is 5.24. The van der Waals surface area contributed by atoms with Crippen LogP contribution in [0.4, 0.5) is 5.82 Å². The molecule has 0 bridgehead atoms. The van der Waals surface area contributed by atoms with Crippen molar-refractivity contribution >= 4 is 23.5 Å². The van der Waals surface area contributed by atoms with Crippen LogP contribution in [0.2, 0.25) is 0 Å². The maximum atomic E-state index is 13.0. The van der Waals surface area contributed by atoms with Gasteiger partial charge in [-0.1, -0.05) is 6.07 Å². The van der Waals surface area contributed by atoms with E-state index in [1.807, 2.05) is 40.9 Å². The van der Waals surface area contributed by atoms with Gasteiger partial charge >= 0.3 is 0 Å². The molecule has 0 unspecified atom stereocenters. The van der Waals surface area contributed by atoms with Gasteiger partial charge in [-0.3, -0.25) is 4.79 Å². The standard InChI is InChI=1S/C19H22N4O2S/c24-19(16-4-3-8-21-18(16)25-15-6-13-26-14-15)23-11-9-22(10-12-23)17-5-1-2-7-20-17/h1-5,7-8,15H,6,9-14H2/t15-/m0/s1. The third kappa shape index (κ3) is 3.77. The number of carbonyl (C=O) groups excluding carboxylic acids is 1. The lowest BCUT2D eigenvalue weighted by molar-refractivity contribution is 0.0738. The van der Waals surface area contributed by atoms with Crippen molar-refractivity contribution in [1.29, 1.82) is 0 Å². The van der Waals surface area contributed by atoms with Crippen molar-refractivity contribution in [2.75, 3.05) is 42.6 Å². The summed E-state index contributed by atoms with van der Waals surface area (Å²) in [5.74, 6) is 3.50. The van der Waals surface area contributed by atoms with Gasteiger partial charge in [0.05, 0.1) is 0 Å². The second-order valence-electron chi connectivity index (χ2n) is 6.43. The average Bonchev–Trinajstić information content (AvgIpc) is 3.22. The van der Waals surface area contributed by atoms with E-state index in [0.717, 1.165) is 36.8 Å². The summed E-state index contributed by atoms with van der Waals surface area (Å²) in [5.41, 5.74) is 0.565. The number of carbonyl (C=O) groups is 1. The van der Waals surface area contributed by atoms with Crippen LogP contribution in [0.15, 0.2) is 42.7 Å². The number of piperazine rings is 1. The molecule has 1 amide bonds. The first-order valence-electron chi connectivity index (χ1n) is 8.96. The van der Waals surface area contributed by atoms with Gasteiger partial charge in [0.25, 0.3) is 5.91 Å². The largest absolute Gasteiger partial charge is 0.473 e. The molecule has 2 aliphatic rings. The van der Waals surface area contributed by atoms with Crippen molar-refractivity contribution in [2.24, 2.45) is 0 Å². The average molecular weight is 370 g/mol. The zero-order valence-electron chi connectivity index (χ0n) is 14.6. The lowest BCUT2D eigenvalue weighted by Gasteiger charge is -2.35. The highest BCUT2D eigenvalue weighted by Crippen LogP contribution is 2.25. The minimum atomic E-state index is -0.000536. The lowest BCUT2D eigenvalue weighted by atomic mass is 10.2. The first kappa shape index (κ1) is 17.1. The topological polar surface area (TPSA) is 58.6 Å². The molecule has 2 aromatic rings. The number of aromatic nitrogens is 2. The Hall–Kier alpha value is -2.28. The Bertz CT molecular complexity index is 744. The zero-order chi connectivity index (χ0) is 17.8. The molecule has 0 saturated carbocycles. The van der Waals surface area contributed by atoms with E-state index in [9.17, 15) is 4.79 Å². The summed E-state index contributed by atoms with van der Waals surface area (Å²) in [5, 5.41) is 0. The van der Waals surface area contributed by atoms with Gasteiger partial charge in [-0.05, 0) is 36.4 Å². The molecular formula is C19H22N4O2S. The first-order chi connectivity index (χ1) is 12.8. The molecular weight excluding hydrogens is 348 g/mol. The Morgan fingerprint density at radius 1 is 1.08 bits per heavy atom. The van der Waals surface area contributed by atoms with E-state index in [2.05, 4.69) is 14.9 Å². The quantitative estimate of drug-likeness (QED) is 0.823. The van der Waals surface area contributed by atoms with Gasteiger partial charge < -0.3 is 14.5 Å². The molecule has 4 heterocycles. The fourth-order valence-electron chi connectivity index (χ4n) is 3.26. The number of hydrogen-bond acceptors (Lipinski definition) is 6. The van der Waals surface area contributed by atoms with Crippen LogP contribution >= 0.6 is 11.8 Å². The van der Waals surface area contributed by atoms with Crippen LogP contribution in [0.1, 0.15) is 16.8 Å². The molecule has 0 radical (unpaired) electrons. The molecule has 7 heteroatoms. The molecule has 0 aromatic carbocycles. The van der Waals surface area contributed by atoms with Crippen LogP contribution in [0.3, 0.4) is 0 Å². The number of nitrogens with zero attached hydrogens (tertiary/aromatic N) is 4. The van der Waals surface area contributed by atoms with E-state index in [1.165, 1.54) is 0 Å². The number of thioether (sulfide) groups is 1. The molecule has 4 rings (SSSR count). The molecule has 0 spiro atoms. The number of amides is 1. The van der Waals surface area contributed by atoms with Gasteiger partial charge in [-0.25, -0.2) is 9.97 Å². The second kappa shape index (κ2) is 7.95. The minimum absolute atomic E-state index is 0.000536. The Balaban J connectivity index is 1.42. The molecule has 6 nitrogen and oxygen atoms in total. The predicted molar refractivity (Wildman–Crippen MR) is 103 cm³/mol. The number of ether oxygens (including phenoxy) is 1. The third-order valence-corrected chi connectivity index (χ3v) is 5.84. The van der Waals surface area contributed by atoms with Crippen LogP contribution in [0, 0.1) is 0 Å². The van der Waals surface area contributed by atoms with Crippen LogP contribution < -0.4 is 9.64 Å². The Morgan fingerprint density at radius 3 is 2.65 bits per heavy atom. The van der Waals surface area contributed by atoms with Crippen molar-refractivity contribution in [3.05, 3.63) is 48.3 Å². The Morgan fingerprint density at radius 2 is 1.92 bits per heavy atom. The van der Waals surface area contributed by atoms with E-state index >= 15 is 0 Å². The fraction of sp³-hybridized carbons (Fsp3) is 0.421. The highest BCUT2D eigenvalue weighted by Gasteiger charge is 2.27. The highest BCUT2D eigenvalue weighted by atomic mass is 32.2. The molecule has 26 heavy (non-hydrogen) atoms. The van der Waals surface area contributed by atoms with Crippen molar-refractivity contribution < 1.29 is 9.53 Å². The van der Waals surface area contributed by atoms with Crippen molar-refractivity contribution in [2.45, 2.75) is 12.5 Å². The predicted octanol–water partition coefficient (Wildman–Crippen LogP) is 2.32. The van der Waals surface area contributed by atoms with Gasteiger partial charge in [0.1, 0.15) is 17.5 Å². The summed E-state index contributed by atoms with van der Waals surface area (Å²) in [4.78, 5) is 25.8. The molecule has 2 aliphatic heterocycles. The van der Waals surface area contributed by atoms with E-state index in [4.69, 9.17) is 4.74 Å². The van der Waals surface area contributed by atoms with Gasteiger partial charge in [0, 0.05) is 44.3 Å². The van der Waals surface area contributed by atoms with Gasteiger partial charge in [-0.2, -0.15) is 11.8 Å². The van der Waals surface area contributed by atoms with Crippen molar-refractivity contribution in [3.8, 4) is 5.88 Å². The normalized spacial score (nSPS) is 20.2. The molecule has 0 N–H and O–H groups in total. The summed E-state index contributed by atoms with van der Waals surface area (Å²) in [6.07, 6.45) is 4.65. The van der Waals surface area contributed by atoms with Crippen molar-refractivity contribution in [1.82, 2.24) is 14.9 Å². The number of rotatable bonds is 4. The highest BCUT2D eigenvalue weighted by molar-refractivity contribution is 7.99. The first-order valence-corrected chi connectivity index (χ1v) is 10.1. The molecule has 1 atom stereocenters. The zero-order valence-corrected chi connectivity index (χ0v) is 15.4. The second-order valence-corrected chi connectivity index (χ2v) is 7.58. The summed E-state index contributed by atoms with van der Waals surface area (Å²) in [7, 11) is 0. The number of pyridine rings is 2. The van der Waals surface area contributed by atoms with Gasteiger partial charge in [0.15, 0.2) is 0 Å². The van der Waals surface area contributed by atoms with Crippen LogP contribution in [-0.2, 0) is 0 Å². The molecule has 2 saturated heterocycles. The smallest absolute Gasteiger partial charge is 0.259 e. The van der Waals surface area contributed by atoms with Gasteiger partial charge in [-0.15, -0.1) is 0 Å². The maximum Gasteiger partial charge on any atom is 0.259 e. The molecule has 0 aliphatic carbocycles. The summed E-state index contributed by atoms with van der Waals surface area (Å²) in [6, 6.07) is 9.52. The van der Waals surface area contributed by atoms with E-state index in [0.29, 0.717) is 24.5 Å². The SMILES string of the molecule is O=C(c1cccnc1O[C@H]1CCSC1)N1CCN(c2ccccn2)CC1. The maximum absolute atomic E-state index is 13.0. The fourth-order valence-corrected chi connectivity index (χ4v) is 4.35. The van der Waals surface area contributed by atoms with Crippen LogP contribution in [0.5, 0.6) is 5.88 Å². The Labute approximate surface area is 157 Å². The van der Waals surface area contributed by atoms with Crippen LogP contribution in [-0.4, -0.2) is 64.6 Å². The van der Waals surface area contributed by atoms with E-state index in [-0.39, 0.29) is 12.0 Å². The van der Waals surface area contributed by atoms with Gasteiger partial charge in [0.2, 0.25) is 5.88 Å². The van der Waals surface area contributed by atoms with E-state index < -0.39 is 0 Å². The molecule has 2 fully saturated rings. The summed E-state index contributed by atoms with van der Waals surface area (Å²) < 4.78 is 6.01. The van der Waals surface area contributed by atoms with Crippen molar-refractivity contribution in [3.63, 3.8) is 0 Å².